The number of benzene rings is 1. The first-order chi connectivity index (χ1) is 6.97. The van der Waals surface area contributed by atoms with Gasteiger partial charge in [-0.25, -0.2) is 0 Å². The maximum absolute atomic E-state index is 11.5. The number of ether oxygens (including phenoxy) is 1. The topological polar surface area (TPSA) is 26.3 Å². The van der Waals surface area contributed by atoms with Crippen LogP contribution in [0.3, 0.4) is 0 Å². The monoisotopic (exact) mass is 206 g/mol. The fourth-order valence-corrected chi connectivity index (χ4v) is 1.32. The van der Waals surface area contributed by atoms with Gasteiger partial charge < -0.3 is 4.74 Å². The second kappa shape index (κ2) is 4.96. The molecule has 1 aromatic rings. The van der Waals surface area contributed by atoms with E-state index in [1.807, 2.05) is 51.1 Å². The SMILES string of the molecule is CC(C)(C)CC(=O)COc1ccccc1. The van der Waals surface area contributed by atoms with Crippen LogP contribution in [0.25, 0.3) is 0 Å². The van der Waals surface area contributed by atoms with Crippen molar-refractivity contribution in [2.24, 2.45) is 5.41 Å². The van der Waals surface area contributed by atoms with E-state index in [0.29, 0.717) is 6.42 Å². The molecular weight excluding hydrogens is 188 g/mol. The Morgan fingerprint density at radius 3 is 2.33 bits per heavy atom. The minimum Gasteiger partial charge on any atom is -0.486 e. The number of carbonyl (C=O) groups is 1. The van der Waals surface area contributed by atoms with Crippen LogP contribution in [-0.4, -0.2) is 12.4 Å². The van der Waals surface area contributed by atoms with Gasteiger partial charge in [0.25, 0.3) is 0 Å². The Balaban J connectivity index is 2.35. The van der Waals surface area contributed by atoms with Crippen LogP contribution >= 0.6 is 0 Å². The molecule has 0 saturated carbocycles. The molecule has 0 aliphatic carbocycles. The van der Waals surface area contributed by atoms with Gasteiger partial charge in [-0.2, -0.15) is 0 Å². The number of hydrogen-bond donors (Lipinski definition) is 0. The summed E-state index contributed by atoms with van der Waals surface area (Å²) in [4.78, 5) is 11.5. The van der Waals surface area contributed by atoms with Gasteiger partial charge in [0.2, 0.25) is 0 Å². The molecule has 0 heterocycles. The Morgan fingerprint density at radius 1 is 1.20 bits per heavy atom. The van der Waals surface area contributed by atoms with Crippen LogP contribution < -0.4 is 4.74 Å². The average Bonchev–Trinajstić information content (AvgIpc) is 2.14. The van der Waals surface area contributed by atoms with Crippen molar-refractivity contribution in [3.8, 4) is 5.75 Å². The highest BCUT2D eigenvalue weighted by Gasteiger charge is 2.16. The summed E-state index contributed by atoms with van der Waals surface area (Å²) in [5.41, 5.74) is 0.0388. The number of hydrogen-bond acceptors (Lipinski definition) is 2. The average molecular weight is 206 g/mol. The van der Waals surface area contributed by atoms with Crippen LogP contribution in [-0.2, 0) is 4.79 Å². The van der Waals surface area contributed by atoms with Crippen molar-refractivity contribution in [2.45, 2.75) is 27.2 Å². The highest BCUT2D eigenvalue weighted by molar-refractivity contribution is 5.80. The molecule has 0 fully saturated rings. The van der Waals surface area contributed by atoms with Crippen molar-refractivity contribution in [1.82, 2.24) is 0 Å². The lowest BCUT2D eigenvalue weighted by Crippen LogP contribution is -2.18. The van der Waals surface area contributed by atoms with Gasteiger partial charge in [0.1, 0.15) is 12.4 Å². The molecule has 15 heavy (non-hydrogen) atoms. The molecule has 0 aromatic heterocycles. The molecule has 82 valence electrons. The highest BCUT2D eigenvalue weighted by atomic mass is 16.5. The molecule has 1 aromatic carbocycles. The molecular formula is C13H18O2. The second-order valence-corrected chi connectivity index (χ2v) is 4.88. The first kappa shape index (κ1) is 11.8. The number of para-hydroxylation sites is 1. The quantitative estimate of drug-likeness (QED) is 0.756. The van der Waals surface area contributed by atoms with Gasteiger partial charge in [-0.3, -0.25) is 4.79 Å². The summed E-state index contributed by atoms with van der Waals surface area (Å²) in [5.74, 6) is 0.895. The molecule has 0 aliphatic heterocycles. The zero-order valence-corrected chi connectivity index (χ0v) is 9.62. The molecule has 0 bridgehead atoms. The summed E-state index contributed by atoms with van der Waals surface area (Å²) in [5, 5.41) is 0. The van der Waals surface area contributed by atoms with Crippen molar-refractivity contribution in [3.63, 3.8) is 0 Å². The fraction of sp³-hybridized carbons (Fsp3) is 0.462. The predicted octanol–water partition coefficient (Wildman–Crippen LogP) is 3.07. The standard InChI is InChI=1S/C13H18O2/c1-13(2,3)9-11(14)10-15-12-7-5-4-6-8-12/h4-8H,9-10H2,1-3H3. The zero-order chi connectivity index (χ0) is 11.3. The summed E-state index contributed by atoms with van der Waals surface area (Å²) < 4.78 is 5.36. The van der Waals surface area contributed by atoms with Crippen LogP contribution in [0.5, 0.6) is 5.75 Å². The lowest BCUT2D eigenvalue weighted by atomic mass is 9.90. The van der Waals surface area contributed by atoms with Crippen molar-refractivity contribution < 1.29 is 9.53 Å². The Hall–Kier alpha value is -1.31. The van der Waals surface area contributed by atoms with Crippen LogP contribution in [0.4, 0.5) is 0 Å². The molecule has 1 rings (SSSR count). The lowest BCUT2D eigenvalue weighted by Gasteiger charge is -2.16. The van der Waals surface area contributed by atoms with Crippen molar-refractivity contribution in [2.75, 3.05) is 6.61 Å². The largest absolute Gasteiger partial charge is 0.486 e. The number of carbonyl (C=O) groups excluding carboxylic acids is 1. The van der Waals surface area contributed by atoms with E-state index in [1.54, 1.807) is 0 Å². The number of rotatable bonds is 4. The van der Waals surface area contributed by atoms with Crippen molar-refractivity contribution in [3.05, 3.63) is 30.3 Å². The Bertz CT molecular complexity index is 309. The van der Waals surface area contributed by atoms with Gasteiger partial charge in [0.15, 0.2) is 5.78 Å². The van der Waals surface area contributed by atoms with Crippen molar-refractivity contribution in [1.29, 1.82) is 0 Å². The van der Waals surface area contributed by atoms with Gasteiger partial charge >= 0.3 is 0 Å². The molecule has 0 unspecified atom stereocenters. The van der Waals surface area contributed by atoms with Crippen LogP contribution in [0.15, 0.2) is 30.3 Å². The van der Waals surface area contributed by atoms with E-state index in [4.69, 9.17) is 4.74 Å². The van der Waals surface area contributed by atoms with Gasteiger partial charge in [-0.1, -0.05) is 39.0 Å². The normalized spacial score (nSPS) is 11.1. The van der Waals surface area contributed by atoms with E-state index in [-0.39, 0.29) is 17.8 Å². The minimum absolute atomic E-state index is 0.0388. The van der Waals surface area contributed by atoms with Gasteiger partial charge in [-0.15, -0.1) is 0 Å². The van der Waals surface area contributed by atoms with Crippen LogP contribution in [0.2, 0.25) is 0 Å². The Kier molecular flexibility index (Phi) is 3.89. The van der Waals surface area contributed by atoms with E-state index < -0.39 is 0 Å². The minimum atomic E-state index is 0.0388. The zero-order valence-electron chi connectivity index (χ0n) is 9.62. The summed E-state index contributed by atoms with van der Waals surface area (Å²) in [6, 6.07) is 9.41. The van der Waals surface area contributed by atoms with Crippen LogP contribution in [0.1, 0.15) is 27.2 Å². The third-order valence-electron chi connectivity index (χ3n) is 1.87. The lowest BCUT2D eigenvalue weighted by molar-refractivity contribution is -0.122. The van der Waals surface area contributed by atoms with Crippen molar-refractivity contribution >= 4 is 5.78 Å². The number of Topliss-reactive ketones (excluding diaryl/α,β-unsaturated/α-hetero) is 1. The summed E-state index contributed by atoms with van der Waals surface area (Å²) in [6.07, 6.45) is 0.555. The fourth-order valence-electron chi connectivity index (χ4n) is 1.32. The van der Waals surface area contributed by atoms with Gasteiger partial charge in [0, 0.05) is 6.42 Å². The second-order valence-electron chi connectivity index (χ2n) is 4.88. The molecule has 0 aliphatic rings. The van der Waals surface area contributed by atoms with Crippen LogP contribution in [0, 0.1) is 5.41 Å². The van der Waals surface area contributed by atoms with E-state index in [1.165, 1.54) is 0 Å². The molecule has 0 radical (unpaired) electrons. The van der Waals surface area contributed by atoms with E-state index in [9.17, 15) is 4.79 Å². The molecule has 2 heteroatoms. The molecule has 0 saturated heterocycles. The predicted molar refractivity (Wildman–Crippen MR) is 61.0 cm³/mol. The Morgan fingerprint density at radius 2 is 1.80 bits per heavy atom. The summed E-state index contributed by atoms with van der Waals surface area (Å²) in [7, 11) is 0. The molecule has 2 nitrogen and oxygen atoms in total. The highest BCUT2D eigenvalue weighted by Crippen LogP contribution is 2.19. The van der Waals surface area contributed by atoms with E-state index in [2.05, 4.69) is 0 Å². The molecule has 0 atom stereocenters. The van der Waals surface area contributed by atoms with E-state index in [0.717, 1.165) is 5.75 Å². The first-order valence-electron chi connectivity index (χ1n) is 5.17. The summed E-state index contributed by atoms with van der Waals surface area (Å²) in [6.45, 7) is 6.32. The smallest absolute Gasteiger partial charge is 0.170 e. The molecule has 0 amide bonds. The molecule has 0 N–H and O–H groups in total. The number of ketones is 1. The van der Waals surface area contributed by atoms with Gasteiger partial charge in [-0.05, 0) is 17.5 Å². The summed E-state index contributed by atoms with van der Waals surface area (Å²) >= 11 is 0. The van der Waals surface area contributed by atoms with E-state index >= 15 is 0 Å². The Labute approximate surface area is 91.3 Å². The van der Waals surface area contributed by atoms with Gasteiger partial charge in [0.05, 0.1) is 0 Å². The first-order valence-corrected chi connectivity index (χ1v) is 5.17. The maximum Gasteiger partial charge on any atom is 0.170 e. The third-order valence-corrected chi connectivity index (χ3v) is 1.87. The third kappa shape index (κ3) is 5.21. The maximum atomic E-state index is 11.5. The molecule has 0 spiro atoms.